The molecule has 0 amide bonds. The average molecular weight is 296 g/mol. The first kappa shape index (κ1) is 17.1. The van der Waals surface area contributed by atoms with Crippen molar-refractivity contribution in [3.63, 3.8) is 0 Å². The van der Waals surface area contributed by atoms with Crippen molar-refractivity contribution in [3.05, 3.63) is 18.2 Å². The van der Waals surface area contributed by atoms with Gasteiger partial charge in [-0.1, -0.05) is 6.92 Å². The summed E-state index contributed by atoms with van der Waals surface area (Å²) in [6, 6.07) is 5.41. The van der Waals surface area contributed by atoms with E-state index in [1.165, 1.54) is 7.11 Å². The molecule has 0 aliphatic heterocycles. The van der Waals surface area contributed by atoms with Crippen molar-refractivity contribution >= 4 is 11.7 Å². The molecule has 3 N–H and O–H groups in total. The summed E-state index contributed by atoms with van der Waals surface area (Å²) in [4.78, 5) is 11.3. The second kappa shape index (κ2) is 8.36. The monoisotopic (exact) mass is 296 g/mol. The quantitative estimate of drug-likeness (QED) is 0.712. The predicted molar refractivity (Wildman–Crippen MR) is 81.9 cm³/mol. The first-order chi connectivity index (χ1) is 10.0. The summed E-state index contributed by atoms with van der Waals surface area (Å²) >= 11 is 0. The standard InChI is InChI=1S/C15H24N2O4/c1-5-11(16)9-17-13-7-6-12(8-14(13)19-3)21-10(2)15(18)20-4/h6-8,10-11,17H,5,9,16H2,1-4H3/t10?,11-/m0/s1. The van der Waals surface area contributed by atoms with Gasteiger partial charge in [-0.25, -0.2) is 4.79 Å². The molecule has 1 rings (SSSR count). The summed E-state index contributed by atoms with van der Waals surface area (Å²) in [5.74, 6) is 0.744. The highest BCUT2D eigenvalue weighted by atomic mass is 16.6. The lowest BCUT2D eigenvalue weighted by molar-refractivity contribution is -0.147. The van der Waals surface area contributed by atoms with E-state index in [2.05, 4.69) is 10.1 Å². The summed E-state index contributed by atoms with van der Waals surface area (Å²) < 4.78 is 15.4. The Kier molecular flexibility index (Phi) is 6.81. The molecule has 0 aliphatic rings. The minimum atomic E-state index is -0.674. The number of hydrogen-bond acceptors (Lipinski definition) is 6. The van der Waals surface area contributed by atoms with Crippen LogP contribution in [0.1, 0.15) is 20.3 Å². The third-order valence-electron chi connectivity index (χ3n) is 3.10. The van der Waals surface area contributed by atoms with Crippen LogP contribution in [0.4, 0.5) is 5.69 Å². The molecule has 0 aliphatic carbocycles. The number of benzene rings is 1. The summed E-state index contributed by atoms with van der Waals surface area (Å²) in [6.45, 7) is 4.32. The SMILES string of the molecule is CC[C@H](N)CNc1ccc(OC(C)C(=O)OC)cc1OC. The van der Waals surface area contributed by atoms with Crippen molar-refractivity contribution < 1.29 is 19.0 Å². The van der Waals surface area contributed by atoms with Gasteiger partial charge < -0.3 is 25.3 Å². The number of carbonyl (C=O) groups is 1. The highest BCUT2D eigenvalue weighted by Gasteiger charge is 2.15. The van der Waals surface area contributed by atoms with Crippen LogP contribution in [0, 0.1) is 0 Å². The minimum Gasteiger partial charge on any atom is -0.494 e. The zero-order valence-electron chi connectivity index (χ0n) is 13.0. The van der Waals surface area contributed by atoms with Gasteiger partial charge in [-0.3, -0.25) is 0 Å². The molecule has 1 aromatic carbocycles. The van der Waals surface area contributed by atoms with Crippen molar-refractivity contribution in [1.29, 1.82) is 0 Å². The molecule has 2 atom stereocenters. The van der Waals surface area contributed by atoms with Crippen LogP contribution in [-0.4, -0.2) is 38.9 Å². The summed E-state index contributed by atoms with van der Waals surface area (Å²) in [7, 11) is 2.90. The van der Waals surface area contributed by atoms with Crippen molar-refractivity contribution in [2.24, 2.45) is 5.73 Å². The van der Waals surface area contributed by atoms with Gasteiger partial charge in [0.05, 0.1) is 19.9 Å². The Morgan fingerprint density at radius 1 is 1.38 bits per heavy atom. The maximum Gasteiger partial charge on any atom is 0.346 e. The number of hydrogen-bond donors (Lipinski definition) is 2. The molecule has 0 fully saturated rings. The van der Waals surface area contributed by atoms with Crippen LogP contribution in [0.2, 0.25) is 0 Å². The Morgan fingerprint density at radius 3 is 2.67 bits per heavy atom. The van der Waals surface area contributed by atoms with E-state index < -0.39 is 12.1 Å². The van der Waals surface area contributed by atoms with Gasteiger partial charge >= 0.3 is 5.97 Å². The smallest absolute Gasteiger partial charge is 0.346 e. The molecule has 0 radical (unpaired) electrons. The van der Waals surface area contributed by atoms with E-state index in [4.69, 9.17) is 15.2 Å². The van der Waals surface area contributed by atoms with Gasteiger partial charge in [-0.15, -0.1) is 0 Å². The third-order valence-corrected chi connectivity index (χ3v) is 3.10. The number of ether oxygens (including phenoxy) is 3. The molecule has 6 nitrogen and oxygen atoms in total. The van der Waals surface area contributed by atoms with Gasteiger partial charge in [0.1, 0.15) is 11.5 Å². The number of esters is 1. The fraction of sp³-hybridized carbons (Fsp3) is 0.533. The van der Waals surface area contributed by atoms with Crippen LogP contribution in [0.25, 0.3) is 0 Å². The van der Waals surface area contributed by atoms with E-state index in [0.29, 0.717) is 18.0 Å². The highest BCUT2D eigenvalue weighted by Crippen LogP contribution is 2.29. The Morgan fingerprint density at radius 2 is 2.10 bits per heavy atom. The van der Waals surface area contributed by atoms with Crippen molar-refractivity contribution in [2.45, 2.75) is 32.4 Å². The second-order valence-corrected chi connectivity index (χ2v) is 4.69. The molecular formula is C15H24N2O4. The Balaban J connectivity index is 2.76. The number of rotatable bonds is 8. The molecule has 0 saturated carbocycles. The van der Waals surface area contributed by atoms with E-state index >= 15 is 0 Å². The fourth-order valence-electron chi connectivity index (χ4n) is 1.69. The molecule has 0 bridgehead atoms. The normalized spacial score (nSPS) is 13.2. The molecule has 6 heteroatoms. The number of nitrogens with one attached hydrogen (secondary N) is 1. The molecular weight excluding hydrogens is 272 g/mol. The molecule has 1 unspecified atom stereocenters. The van der Waals surface area contributed by atoms with Gasteiger partial charge in [0.25, 0.3) is 0 Å². The summed E-state index contributed by atoms with van der Waals surface area (Å²) in [5, 5.41) is 3.23. The number of nitrogens with two attached hydrogens (primary N) is 1. The zero-order chi connectivity index (χ0) is 15.8. The van der Waals surface area contributed by atoms with Crippen molar-refractivity contribution in [1.82, 2.24) is 0 Å². The van der Waals surface area contributed by atoms with Gasteiger partial charge in [0.15, 0.2) is 6.10 Å². The Labute approximate surface area is 125 Å². The van der Waals surface area contributed by atoms with E-state index in [1.807, 2.05) is 13.0 Å². The first-order valence-electron chi connectivity index (χ1n) is 6.93. The van der Waals surface area contributed by atoms with Crippen LogP contribution in [0.15, 0.2) is 18.2 Å². The molecule has 21 heavy (non-hydrogen) atoms. The van der Waals surface area contributed by atoms with Crippen LogP contribution in [0.3, 0.4) is 0 Å². The van der Waals surface area contributed by atoms with Gasteiger partial charge in [-0.2, -0.15) is 0 Å². The Bertz CT molecular complexity index is 465. The van der Waals surface area contributed by atoms with Gasteiger partial charge in [-0.05, 0) is 25.5 Å². The van der Waals surface area contributed by atoms with E-state index in [9.17, 15) is 4.79 Å². The molecule has 0 saturated heterocycles. The maximum absolute atomic E-state index is 11.3. The molecule has 0 heterocycles. The molecule has 118 valence electrons. The van der Waals surface area contributed by atoms with E-state index in [1.54, 1.807) is 26.2 Å². The lowest BCUT2D eigenvalue weighted by Gasteiger charge is -2.17. The van der Waals surface area contributed by atoms with Gasteiger partial charge in [0, 0.05) is 18.7 Å². The molecule has 1 aromatic rings. The van der Waals surface area contributed by atoms with Gasteiger partial charge in [0.2, 0.25) is 0 Å². The highest BCUT2D eigenvalue weighted by molar-refractivity contribution is 5.74. The Hall–Kier alpha value is -1.95. The number of anilines is 1. The largest absolute Gasteiger partial charge is 0.494 e. The van der Waals surface area contributed by atoms with Crippen molar-refractivity contribution in [2.75, 3.05) is 26.1 Å². The lowest BCUT2D eigenvalue weighted by Crippen LogP contribution is -2.28. The van der Waals surface area contributed by atoms with Crippen LogP contribution >= 0.6 is 0 Å². The van der Waals surface area contributed by atoms with E-state index in [0.717, 1.165) is 12.1 Å². The van der Waals surface area contributed by atoms with Crippen molar-refractivity contribution in [3.8, 4) is 11.5 Å². The average Bonchev–Trinajstić information content (AvgIpc) is 2.51. The predicted octanol–water partition coefficient (Wildman–Crippen LogP) is 1.78. The second-order valence-electron chi connectivity index (χ2n) is 4.69. The summed E-state index contributed by atoms with van der Waals surface area (Å²) in [5.41, 5.74) is 6.71. The minimum absolute atomic E-state index is 0.0879. The number of methoxy groups -OCH3 is 2. The molecule has 0 aromatic heterocycles. The van der Waals surface area contributed by atoms with Crippen LogP contribution in [0.5, 0.6) is 11.5 Å². The lowest BCUT2D eigenvalue weighted by atomic mass is 10.2. The molecule has 0 spiro atoms. The zero-order valence-corrected chi connectivity index (χ0v) is 13.0. The summed E-state index contributed by atoms with van der Waals surface area (Å²) in [6.07, 6.45) is 0.222. The van der Waals surface area contributed by atoms with E-state index in [-0.39, 0.29) is 6.04 Å². The maximum atomic E-state index is 11.3. The van der Waals surface area contributed by atoms with Crippen LogP contribution in [-0.2, 0) is 9.53 Å². The fourth-order valence-corrected chi connectivity index (χ4v) is 1.69. The number of carbonyl (C=O) groups excluding carboxylic acids is 1. The third kappa shape index (κ3) is 5.15. The van der Waals surface area contributed by atoms with Crippen LogP contribution < -0.4 is 20.5 Å². The first-order valence-corrected chi connectivity index (χ1v) is 6.93. The topological polar surface area (TPSA) is 82.8 Å².